The van der Waals surface area contributed by atoms with Gasteiger partial charge in [-0.1, -0.05) is 60.2 Å². The Bertz CT molecular complexity index is 1520. The Morgan fingerprint density at radius 2 is 1.79 bits per heavy atom. The molecule has 1 fully saturated rings. The van der Waals surface area contributed by atoms with Crippen molar-refractivity contribution in [3.63, 3.8) is 0 Å². The number of halogens is 3. The Morgan fingerprint density at radius 3 is 2.50 bits per heavy atom. The van der Waals surface area contributed by atoms with E-state index in [2.05, 4.69) is 15.6 Å². The molecule has 1 saturated heterocycles. The minimum atomic E-state index is -4.47. The summed E-state index contributed by atoms with van der Waals surface area (Å²) in [5.41, 5.74) is 4.38. The molecule has 3 amide bonds. The van der Waals surface area contributed by atoms with Crippen molar-refractivity contribution < 1.29 is 22.8 Å². The molecule has 220 valence electrons. The molecule has 10 heteroatoms. The van der Waals surface area contributed by atoms with E-state index in [1.54, 1.807) is 28.6 Å². The number of nitrogens with one attached hydrogen (secondary N) is 2. The summed E-state index contributed by atoms with van der Waals surface area (Å²) in [6.45, 7) is 6.66. The average molecular weight is 595 g/mol. The molecule has 0 radical (unpaired) electrons. The molecule has 2 unspecified atom stereocenters. The number of likely N-dealkylation sites (tertiary alicyclic amines) is 1. The quantitative estimate of drug-likeness (QED) is 0.337. The molecule has 1 aliphatic heterocycles. The van der Waals surface area contributed by atoms with Crippen LogP contribution in [0.1, 0.15) is 43.2 Å². The highest BCUT2D eigenvalue weighted by Gasteiger charge is 2.39. The van der Waals surface area contributed by atoms with Gasteiger partial charge in [0.15, 0.2) is 0 Å². The zero-order chi connectivity index (χ0) is 30.1. The molecule has 2 N–H and O–H groups in total. The number of carbonyl (C=O) groups is 2. The maximum atomic E-state index is 13.7. The molecule has 0 bridgehead atoms. The van der Waals surface area contributed by atoms with E-state index in [0.29, 0.717) is 30.6 Å². The molecule has 2 heterocycles. The molecule has 1 aromatic heterocycles. The first-order valence-electron chi connectivity index (χ1n) is 13.8. The predicted molar refractivity (Wildman–Crippen MR) is 158 cm³/mol. The first kappa shape index (κ1) is 29.6. The minimum absolute atomic E-state index is 0.206. The lowest BCUT2D eigenvalue weighted by atomic mass is 9.73. The molecular weight excluding hydrogens is 561 g/mol. The number of thiazole rings is 1. The van der Waals surface area contributed by atoms with Gasteiger partial charge in [0, 0.05) is 30.1 Å². The van der Waals surface area contributed by atoms with Gasteiger partial charge in [-0.2, -0.15) is 13.2 Å². The zero-order valence-electron chi connectivity index (χ0n) is 23.7. The van der Waals surface area contributed by atoms with Crippen molar-refractivity contribution in [3.05, 3.63) is 93.8 Å². The molecule has 6 nitrogen and oxygen atoms in total. The fourth-order valence-corrected chi connectivity index (χ4v) is 6.22. The third kappa shape index (κ3) is 6.59. The highest BCUT2D eigenvalue weighted by atomic mass is 32.1. The Kier molecular flexibility index (Phi) is 8.28. The van der Waals surface area contributed by atoms with Crippen molar-refractivity contribution in [2.24, 2.45) is 11.8 Å². The van der Waals surface area contributed by atoms with Gasteiger partial charge in [0.1, 0.15) is 0 Å². The number of amides is 3. The topological polar surface area (TPSA) is 74.3 Å². The van der Waals surface area contributed by atoms with Gasteiger partial charge >= 0.3 is 12.2 Å². The van der Waals surface area contributed by atoms with Gasteiger partial charge in [-0.25, -0.2) is 9.78 Å². The number of piperidine rings is 1. The van der Waals surface area contributed by atoms with Crippen LogP contribution < -0.4 is 10.6 Å². The van der Waals surface area contributed by atoms with E-state index in [1.807, 2.05) is 51.1 Å². The SMILES string of the molecule is CC(C)(C)NC(=O)N1CCC2=C(c3cccc(C(F)(F)F)c3)C=CC(C(=O)NCc3scnc3-c3ccccc3)C2C1. The van der Waals surface area contributed by atoms with Gasteiger partial charge < -0.3 is 15.5 Å². The van der Waals surface area contributed by atoms with Crippen LogP contribution >= 0.6 is 11.3 Å². The maximum Gasteiger partial charge on any atom is 0.416 e. The van der Waals surface area contributed by atoms with Gasteiger partial charge in [0.25, 0.3) is 0 Å². The van der Waals surface area contributed by atoms with Crippen LogP contribution in [-0.2, 0) is 17.5 Å². The van der Waals surface area contributed by atoms with Crippen molar-refractivity contribution in [3.8, 4) is 11.3 Å². The number of urea groups is 1. The van der Waals surface area contributed by atoms with Crippen LogP contribution in [-0.4, -0.2) is 40.5 Å². The Labute approximate surface area is 247 Å². The lowest BCUT2D eigenvalue weighted by Gasteiger charge is -2.41. The van der Waals surface area contributed by atoms with Crippen LogP contribution in [0.15, 0.2) is 77.8 Å². The molecular formula is C32H33F3N4O2S. The lowest BCUT2D eigenvalue weighted by molar-refractivity contribution is -0.137. The molecule has 2 aromatic carbocycles. The van der Waals surface area contributed by atoms with Crippen LogP contribution in [0.25, 0.3) is 16.8 Å². The molecule has 0 saturated carbocycles. The minimum Gasteiger partial charge on any atom is -0.351 e. The number of rotatable bonds is 5. The van der Waals surface area contributed by atoms with Crippen molar-refractivity contribution >= 4 is 28.8 Å². The largest absolute Gasteiger partial charge is 0.416 e. The second-order valence-corrected chi connectivity index (χ2v) is 12.5. The summed E-state index contributed by atoms with van der Waals surface area (Å²) in [4.78, 5) is 33.8. The number of carbonyl (C=O) groups excluding carboxylic acids is 2. The van der Waals surface area contributed by atoms with E-state index >= 15 is 0 Å². The van der Waals surface area contributed by atoms with Crippen LogP contribution in [0, 0.1) is 11.8 Å². The van der Waals surface area contributed by atoms with Gasteiger partial charge in [-0.3, -0.25) is 4.79 Å². The molecule has 0 spiro atoms. The predicted octanol–water partition coefficient (Wildman–Crippen LogP) is 6.91. The number of aromatic nitrogens is 1. The lowest BCUT2D eigenvalue weighted by Crippen LogP contribution is -2.53. The zero-order valence-corrected chi connectivity index (χ0v) is 24.5. The fourth-order valence-electron chi connectivity index (χ4n) is 5.50. The number of allylic oxidation sites excluding steroid dienone is 2. The number of nitrogens with zero attached hydrogens (tertiary/aromatic N) is 2. The number of hydrogen-bond donors (Lipinski definition) is 2. The van der Waals surface area contributed by atoms with Crippen LogP contribution in [0.2, 0.25) is 0 Å². The van der Waals surface area contributed by atoms with E-state index in [1.165, 1.54) is 17.4 Å². The van der Waals surface area contributed by atoms with E-state index < -0.39 is 23.2 Å². The van der Waals surface area contributed by atoms with Crippen LogP contribution in [0.4, 0.5) is 18.0 Å². The van der Waals surface area contributed by atoms with Gasteiger partial charge in [-0.15, -0.1) is 11.3 Å². The van der Waals surface area contributed by atoms with E-state index in [-0.39, 0.29) is 24.4 Å². The van der Waals surface area contributed by atoms with Crippen molar-refractivity contribution in [2.75, 3.05) is 13.1 Å². The van der Waals surface area contributed by atoms with Crippen molar-refractivity contribution in [2.45, 2.75) is 45.5 Å². The number of fused-ring (bicyclic) bond motifs is 1. The molecule has 3 aromatic rings. The van der Waals surface area contributed by atoms with Gasteiger partial charge in [0.05, 0.1) is 34.1 Å². The second-order valence-electron chi connectivity index (χ2n) is 11.6. The number of hydrogen-bond acceptors (Lipinski definition) is 4. The fraction of sp³-hybridized carbons (Fsp3) is 0.344. The Hall–Kier alpha value is -3.92. The summed E-state index contributed by atoms with van der Waals surface area (Å²) in [6.07, 6.45) is -0.492. The molecule has 42 heavy (non-hydrogen) atoms. The summed E-state index contributed by atoms with van der Waals surface area (Å²) < 4.78 is 40.5. The summed E-state index contributed by atoms with van der Waals surface area (Å²) in [5.74, 6) is -1.18. The van der Waals surface area contributed by atoms with Gasteiger partial charge in [-0.05, 0) is 50.5 Å². The van der Waals surface area contributed by atoms with E-state index in [9.17, 15) is 22.8 Å². The van der Waals surface area contributed by atoms with E-state index in [4.69, 9.17) is 0 Å². The normalized spacial score (nSPS) is 19.0. The van der Waals surface area contributed by atoms with Gasteiger partial charge in [0.2, 0.25) is 5.91 Å². The number of alkyl halides is 3. The average Bonchev–Trinajstić information content (AvgIpc) is 3.43. The third-order valence-corrected chi connectivity index (χ3v) is 8.28. The smallest absolute Gasteiger partial charge is 0.351 e. The van der Waals surface area contributed by atoms with Crippen molar-refractivity contribution in [1.82, 2.24) is 20.5 Å². The van der Waals surface area contributed by atoms with Crippen LogP contribution in [0.5, 0.6) is 0 Å². The van der Waals surface area contributed by atoms with E-state index in [0.717, 1.165) is 33.8 Å². The third-order valence-electron chi connectivity index (χ3n) is 7.45. The summed E-state index contributed by atoms with van der Waals surface area (Å²) in [5, 5.41) is 6.04. The monoisotopic (exact) mass is 594 g/mol. The van der Waals surface area contributed by atoms with Crippen molar-refractivity contribution in [1.29, 1.82) is 0 Å². The first-order chi connectivity index (χ1) is 19.9. The molecule has 2 aliphatic rings. The first-order valence-corrected chi connectivity index (χ1v) is 14.7. The summed E-state index contributed by atoms with van der Waals surface area (Å²) in [6, 6.07) is 14.8. The summed E-state index contributed by atoms with van der Waals surface area (Å²) in [7, 11) is 0. The highest BCUT2D eigenvalue weighted by Crippen LogP contribution is 2.41. The van der Waals surface area contributed by atoms with Crippen LogP contribution in [0.3, 0.4) is 0 Å². The summed E-state index contributed by atoms with van der Waals surface area (Å²) >= 11 is 1.46. The molecule has 5 rings (SSSR count). The number of benzene rings is 2. The highest BCUT2D eigenvalue weighted by molar-refractivity contribution is 7.10. The maximum absolute atomic E-state index is 13.7. The second kappa shape index (κ2) is 11.8. The molecule has 1 aliphatic carbocycles. The Balaban J connectivity index is 1.41. The Morgan fingerprint density at radius 1 is 1.05 bits per heavy atom. The molecule has 2 atom stereocenters. The standard InChI is InChI=1S/C32H33F3N4O2S/c1-31(2,3)38-30(41)39-15-14-24-23(21-10-7-11-22(16-21)32(33,34)35)12-13-25(26(24)18-39)29(40)36-17-27-28(37-19-42-27)20-8-5-4-6-9-20/h4-13,16,19,25-26H,14-15,17-18H2,1-3H3,(H,36,40)(H,38,41).